The van der Waals surface area contributed by atoms with Crippen molar-refractivity contribution in [1.29, 1.82) is 0 Å². The normalized spacial score (nSPS) is 14.5. The summed E-state index contributed by atoms with van der Waals surface area (Å²) >= 11 is 11.8. The van der Waals surface area contributed by atoms with Gasteiger partial charge in [-0.05, 0) is 62.3 Å². The number of para-hydroxylation sites is 1. The number of aryl methyl sites for hydroxylation is 1. The maximum atomic E-state index is 12.7. The number of rotatable bonds is 12. The zero-order chi connectivity index (χ0) is 31.6. The Labute approximate surface area is 266 Å². The molecule has 0 aromatic heterocycles. The van der Waals surface area contributed by atoms with Crippen LogP contribution in [0.1, 0.15) is 42.1 Å². The van der Waals surface area contributed by atoms with E-state index in [4.69, 9.17) is 42.8 Å². The summed E-state index contributed by atoms with van der Waals surface area (Å²) in [5.41, 5.74) is 6.73. The first-order valence-electron chi connectivity index (χ1n) is 13.7. The van der Waals surface area contributed by atoms with Gasteiger partial charge in [-0.3, -0.25) is 4.79 Å². The minimum atomic E-state index is -0.636. The van der Waals surface area contributed by atoms with Crippen molar-refractivity contribution in [2.24, 2.45) is 5.10 Å². The third kappa shape index (κ3) is 8.27. The Morgan fingerprint density at radius 3 is 2.55 bits per heavy atom. The van der Waals surface area contributed by atoms with Crippen molar-refractivity contribution in [3.05, 3.63) is 99.2 Å². The Bertz CT molecular complexity index is 1590. The van der Waals surface area contributed by atoms with Crippen molar-refractivity contribution in [2.75, 3.05) is 20.3 Å². The van der Waals surface area contributed by atoms with Gasteiger partial charge in [0, 0.05) is 11.3 Å². The van der Waals surface area contributed by atoms with E-state index in [1.807, 2.05) is 31.2 Å². The van der Waals surface area contributed by atoms with E-state index in [1.54, 1.807) is 50.2 Å². The molecule has 12 heteroatoms. The van der Waals surface area contributed by atoms with Gasteiger partial charge in [0.15, 0.2) is 23.2 Å². The van der Waals surface area contributed by atoms with Crippen LogP contribution in [0, 0.1) is 6.92 Å². The fraction of sp³-hybridized carbons (Fsp3) is 0.250. The van der Waals surface area contributed by atoms with Crippen LogP contribution in [-0.2, 0) is 20.9 Å². The molecule has 0 spiro atoms. The highest BCUT2D eigenvalue weighted by atomic mass is 35.5. The third-order valence-corrected chi connectivity index (χ3v) is 7.01. The highest BCUT2D eigenvalue weighted by Crippen LogP contribution is 2.37. The van der Waals surface area contributed by atoms with Crippen LogP contribution in [0.15, 0.2) is 77.0 Å². The van der Waals surface area contributed by atoms with E-state index >= 15 is 0 Å². The average Bonchev–Trinajstić information content (AvgIpc) is 3.00. The smallest absolute Gasteiger partial charge is 0.338 e. The van der Waals surface area contributed by atoms with E-state index in [0.29, 0.717) is 56.4 Å². The molecule has 44 heavy (non-hydrogen) atoms. The SMILES string of the molecule is CCOC(=O)C1=C(C)NC(=S)N[C@H]1c1ccccc1OCC(=O)NN=Cc1cc(Cl)c(OCc2ccc(C)cc2)c(OC)c1. The van der Waals surface area contributed by atoms with E-state index < -0.39 is 17.9 Å². The number of methoxy groups -OCH3 is 1. The molecule has 0 bridgehead atoms. The van der Waals surface area contributed by atoms with Gasteiger partial charge in [0.2, 0.25) is 0 Å². The van der Waals surface area contributed by atoms with Crippen LogP contribution in [0.3, 0.4) is 0 Å². The van der Waals surface area contributed by atoms with Gasteiger partial charge in [0.05, 0.1) is 36.6 Å². The molecule has 1 atom stereocenters. The molecular weight excluding hydrogens is 604 g/mol. The summed E-state index contributed by atoms with van der Waals surface area (Å²) < 4.78 is 22.5. The van der Waals surface area contributed by atoms with Crippen molar-refractivity contribution < 1.29 is 28.5 Å². The van der Waals surface area contributed by atoms with Gasteiger partial charge < -0.3 is 29.6 Å². The second-order valence-electron chi connectivity index (χ2n) is 9.72. The van der Waals surface area contributed by atoms with E-state index in [-0.39, 0.29) is 13.2 Å². The summed E-state index contributed by atoms with van der Waals surface area (Å²) in [5, 5.41) is 10.8. The summed E-state index contributed by atoms with van der Waals surface area (Å²) in [7, 11) is 1.52. The number of benzene rings is 3. The van der Waals surface area contributed by atoms with Crippen molar-refractivity contribution in [3.63, 3.8) is 0 Å². The molecule has 0 aliphatic carbocycles. The largest absolute Gasteiger partial charge is 0.493 e. The molecule has 0 radical (unpaired) electrons. The molecule has 0 fully saturated rings. The van der Waals surface area contributed by atoms with Crippen molar-refractivity contribution in [3.8, 4) is 17.2 Å². The van der Waals surface area contributed by atoms with Gasteiger partial charge >= 0.3 is 5.97 Å². The van der Waals surface area contributed by atoms with Crippen LogP contribution >= 0.6 is 23.8 Å². The first-order chi connectivity index (χ1) is 21.2. The molecule has 3 aromatic rings. The molecule has 1 aliphatic heterocycles. The van der Waals surface area contributed by atoms with Crippen LogP contribution in [0.25, 0.3) is 0 Å². The van der Waals surface area contributed by atoms with Gasteiger partial charge in [-0.15, -0.1) is 0 Å². The van der Waals surface area contributed by atoms with Crippen molar-refractivity contribution in [1.82, 2.24) is 16.1 Å². The number of nitrogens with one attached hydrogen (secondary N) is 3. The highest BCUT2D eigenvalue weighted by Gasteiger charge is 2.32. The zero-order valence-corrected chi connectivity index (χ0v) is 26.3. The predicted octanol–water partition coefficient (Wildman–Crippen LogP) is 5.12. The number of amides is 1. The predicted molar refractivity (Wildman–Crippen MR) is 172 cm³/mol. The first-order valence-corrected chi connectivity index (χ1v) is 14.5. The summed E-state index contributed by atoms with van der Waals surface area (Å²) in [5.74, 6) is 0.236. The molecule has 1 aliphatic rings. The highest BCUT2D eigenvalue weighted by molar-refractivity contribution is 7.80. The molecule has 0 unspecified atom stereocenters. The number of hydrogen-bond donors (Lipinski definition) is 3. The molecule has 0 saturated heterocycles. The Balaban J connectivity index is 1.39. The molecule has 1 amide bonds. The van der Waals surface area contributed by atoms with Crippen molar-refractivity contribution >= 4 is 47.0 Å². The number of nitrogens with zero attached hydrogens (tertiary/aromatic N) is 1. The van der Waals surface area contributed by atoms with Crippen LogP contribution < -0.4 is 30.3 Å². The molecule has 1 heterocycles. The Hall–Kier alpha value is -4.61. The van der Waals surface area contributed by atoms with Gasteiger partial charge in [-0.2, -0.15) is 5.10 Å². The van der Waals surface area contributed by atoms with Crippen LogP contribution in [-0.4, -0.2) is 43.5 Å². The van der Waals surface area contributed by atoms with E-state index in [0.717, 1.165) is 11.1 Å². The summed E-state index contributed by atoms with van der Waals surface area (Å²) in [6.45, 7) is 5.71. The second kappa shape index (κ2) is 15.2. The Kier molecular flexibility index (Phi) is 11.2. The lowest BCUT2D eigenvalue weighted by Crippen LogP contribution is -2.45. The fourth-order valence-electron chi connectivity index (χ4n) is 4.41. The quantitative estimate of drug-likeness (QED) is 0.108. The van der Waals surface area contributed by atoms with Crippen molar-refractivity contribution in [2.45, 2.75) is 33.4 Å². The van der Waals surface area contributed by atoms with Crippen LogP contribution in [0.5, 0.6) is 17.2 Å². The standard InChI is InChI=1S/C32H33ClN4O6S/c1-5-41-31(39)28-20(3)35-32(44)36-29(28)23-8-6-7-9-25(23)42-18-27(38)37-34-16-22-14-24(33)30(26(15-22)40-4)43-17-21-12-10-19(2)11-13-21/h6-16,29H,5,17-18H2,1-4H3,(H,37,38)(H2,35,36,44)/t29-/m0/s1. The monoisotopic (exact) mass is 636 g/mol. The molecule has 10 nitrogen and oxygen atoms in total. The number of hydrogen-bond acceptors (Lipinski definition) is 8. The first kappa shape index (κ1) is 32.3. The number of ether oxygens (including phenoxy) is 4. The van der Waals surface area contributed by atoms with E-state index in [2.05, 4.69) is 21.2 Å². The van der Waals surface area contributed by atoms with E-state index in [1.165, 1.54) is 13.3 Å². The average molecular weight is 637 g/mol. The molecule has 3 N–H and O–H groups in total. The number of thiocarbonyl (C=S) groups is 1. The lowest BCUT2D eigenvalue weighted by molar-refractivity contribution is -0.139. The summed E-state index contributed by atoms with van der Waals surface area (Å²) in [6.07, 6.45) is 1.43. The van der Waals surface area contributed by atoms with Crippen LogP contribution in [0.4, 0.5) is 0 Å². The third-order valence-electron chi connectivity index (χ3n) is 6.51. The van der Waals surface area contributed by atoms with Gasteiger partial charge in [0.25, 0.3) is 5.91 Å². The molecule has 4 rings (SSSR count). The summed E-state index contributed by atoms with van der Waals surface area (Å²) in [6, 6.07) is 17.8. The lowest BCUT2D eigenvalue weighted by Gasteiger charge is -2.30. The number of carbonyl (C=O) groups excluding carboxylic acids is 2. The number of esters is 1. The topological polar surface area (TPSA) is 120 Å². The Morgan fingerprint density at radius 2 is 1.82 bits per heavy atom. The van der Waals surface area contributed by atoms with Gasteiger partial charge in [-0.25, -0.2) is 10.2 Å². The molecule has 3 aromatic carbocycles. The maximum absolute atomic E-state index is 12.7. The molecule has 230 valence electrons. The van der Waals surface area contributed by atoms with Gasteiger partial charge in [-0.1, -0.05) is 59.6 Å². The maximum Gasteiger partial charge on any atom is 0.338 e. The zero-order valence-electron chi connectivity index (χ0n) is 24.7. The van der Waals surface area contributed by atoms with Gasteiger partial charge in [0.1, 0.15) is 12.4 Å². The van der Waals surface area contributed by atoms with E-state index in [9.17, 15) is 9.59 Å². The fourth-order valence-corrected chi connectivity index (χ4v) is 4.95. The molecular formula is C32H33ClN4O6S. The van der Waals surface area contributed by atoms with Crippen LogP contribution in [0.2, 0.25) is 5.02 Å². The number of carbonyl (C=O) groups is 2. The minimum absolute atomic E-state index is 0.219. The minimum Gasteiger partial charge on any atom is -0.493 e. The number of halogens is 1. The molecule has 0 saturated carbocycles. The Morgan fingerprint density at radius 1 is 1.07 bits per heavy atom. The summed E-state index contributed by atoms with van der Waals surface area (Å²) in [4.78, 5) is 25.3. The number of allylic oxidation sites excluding steroid dienone is 1. The number of hydrazone groups is 1. The second-order valence-corrected chi connectivity index (χ2v) is 10.5. The lowest BCUT2D eigenvalue weighted by atomic mass is 9.95.